The lowest BCUT2D eigenvalue weighted by Crippen LogP contribution is -2.30. The molecule has 0 spiro atoms. The number of thiocarbonyl (C=S) groups is 1. The molecule has 2 N–H and O–H groups in total. The SMILES string of the molecule is COc1cc(NC(=S)NC(C)c2cccc(OC)c2)cc(OC)c1. The molecule has 0 heterocycles. The highest BCUT2D eigenvalue weighted by atomic mass is 32.1. The van der Waals surface area contributed by atoms with Crippen molar-refractivity contribution in [2.45, 2.75) is 13.0 Å². The first-order valence-corrected chi connectivity index (χ1v) is 7.91. The van der Waals surface area contributed by atoms with Crippen molar-refractivity contribution >= 4 is 23.0 Å². The average molecular weight is 346 g/mol. The number of methoxy groups -OCH3 is 3. The number of nitrogens with one attached hydrogen (secondary N) is 2. The summed E-state index contributed by atoms with van der Waals surface area (Å²) in [7, 11) is 4.87. The Balaban J connectivity index is 2.04. The minimum absolute atomic E-state index is 0.0348. The van der Waals surface area contributed by atoms with Gasteiger partial charge < -0.3 is 24.8 Å². The summed E-state index contributed by atoms with van der Waals surface area (Å²) in [6.07, 6.45) is 0. The molecule has 0 radical (unpaired) electrons. The largest absolute Gasteiger partial charge is 0.497 e. The second-order valence-electron chi connectivity index (χ2n) is 5.20. The third kappa shape index (κ3) is 4.76. The van der Waals surface area contributed by atoms with E-state index in [9.17, 15) is 0 Å². The standard InChI is InChI=1S/C18H22N2O3S/c1-12(13-6-5-7-15(8-13)21-2)19-18(24)20-14-9-16(22-3)11-17(10-14)23-4/h5-12H,1-4H3,(H2,19,20,24). The Hall–Kier alpha value is -2.47. The van der Waals surface area contributed by atoms with Crippen LogP contribution in [0.5, 0.6) is 17.2 Å². The summed E-state index contributed by atoms with van der Waals surface area (Å²) in [4.78, 5) is 0. The third-order valence-electron chi connectivity index (χ3n) is 3.55. The zero-order chi connectivity index (χ0) is 17.5. The van der Waals surface area contributed by atoms with Crippen LogP contribution in [0.4, 0.5) is 5.69 Å². The Bertz CT molecular complexity index is 684. The molecule has 0 bridgehead atoms. The molecule has 0 aliphatic carbocycles. The molecule has 2 aromatic rings. The van der Waals surface area contributed by atoms with Gasteiger partial charge in [0.25, 0.3) is 0 Å². The smallest absolute Gasteiger partial charge is 0.171 e. The fourth-order valence-corrected chi connectivity index (χ4v) is 2.53. The predicted molar refractivity (Wildman–Crippen MR) is 100 cm³/mol. The number of ether oxygens (including phenoxy) is 3. The van der Waals surface area contributed by atoms with Gasteiger partial charge in [0.1, 0.15) is 17.2 Å². The van der Waals surface area contributed by atoms with Crippen molar-refractivity contribution in [3.63, 3.8) is 0 Å². The minimum atomic E-state index is 0.0348. The number of benzene rings is 2. The average Bonchev–Trinajstić information content (AvgIpc) is 2.61. The second-order valence-corrected chi connectivity index (χ2v) is 5.61. The minimum Gasteiger partial charge on any atom is -0.497 e. The Morgan fingerprint density at radius 1 is 0.917 bits per heavy atom. The summed E-state index contributed by atoms with van der Waals surface area (Å²) < 4.78 is 15.8. The lowest BCUT2D eigenvalue weighted by molar-refractivity contribution is 0.395. The van der Waals surface area contributed by atoms with E-state index in [1.807, 2.05) is 43.3 Å². The Morgan fingerprint density at radius 3 is 2.12 bits per heavy atom. The summed E-state index contributed by atoms with van der Waals surface area (Å²) in [5.74, 6) is 2.21. The van der Waals surface area contributed by atoms with Crippen LogP contribution >= 0.6 is 12.2 Å². The monoisotopic (exact) mass is 346 g/mol. The van der Waals surface area contributed by atoms with Crippen molar-refractivity contribution in [3.8, 4) is 17.2 Å². The van der Waals surface area contributed by atoms with Gasteiger partial charge in [0.2, 0.25) is 0 Å². The lowest BCUT2D eigenvalue weighted by Gasteiger charge is -2.18. The van der Waals surface area contributed by atoms with E-state index in [0.717, 1.165) is 17.0 Å². The van der Waals surface area contributed by atoms with Crippen LogP contribution in [0.25, 0.3) is 0 Å². The fraction of sp³-hybridized carbons (Fsp3) is 0.278. The first-order valence-electron chi connectivity index (χ1n) is 7.50. The first kappa shape index (κ1) is 17.9. The molecule has 0 saturated heterocycles. The van der Waals surface area contributed by atoms with Crippen LogP contribution in [0.15, 0.2) is 42.5 Å². The molecule has 0 saturated carbocycles. The van der Waals surface area contributed by atoms with Gasteiger partial charge >= 0.3 is 0 Å². The Morgan fingerprint density at radius 2 is 1.54 bits per heavy atom. The number of hydrogen-bond acceptors (Lipinski definition) is 4. The summed E-state index contributed by atoms with van der Waals surface area (Å²) in [6, 6.07) is 13.4. The van der Waals surface area contributed by atoms with Crippen LogP contribution in [-0.2, 0) is 0 Å². The van der Waals surface area contributed by atoms with E-state index in [-0.39, 0.29) is 6.04 Å². The van der Waals surface area contributed by atoms with Gasteiger partial charge in [0.15, 0.2) is 5.11 Å². The van der Waals surface area contributed by atoms with Gasteiger partial charge in [0.05, 0.1) is 27.4 Å². The lowest BCUT2D eigenvalue weighted by atomic mass is 10.1. The molecular weight excluding hydrogens is 324 g/mol. The van der Waals surface area contributed by atoms with Gasteiger partial charge in [-0.2, -0.15) is 0 Å². The molecule has 0 aromatic heterocycles. The quantitative estimate of drug-likeness (QED) is 0.777. The van der Waals surface area contributed by atoms with E-state index in [0.29, 0.717) is 16.6 Å². The summed E-state index contributed by atoms with van der Waals surface area (Å²) >= 11 is 5.40. The van der Waals surface area contributed by atoms with Crippen LogP contribution in [0, 0.1) is 0 Å². The van der Waals surface area contributed by atoms with Crippen molar-refractivity contribution in [3.05, 3.63) is 48.0 Å². The van der Waals surface area contributed by atoms with E-state index in [4.69, 9.17) is 26.4 Å². The van der Waals surface area contributed by atoms with Gasteiger partial charge in [-0.15, -0.1) is 0 Å². The number of anilines is 1. The Labute approximate surface area is 147 Å². The molecule has 5 nitrogen and oxygen atoms in total. The van der Waals surface area contributed by atoms with Crippen LogP contribution in [-0.4, -0.2) is 26.4 Å². The van der Waals surface area contributed by atoms with Gasteiger partial charge in [-0.05, 0) is 36.8 Å². The van der Waals surface area contributed by atoms with Crippen LogP contribution in [0.1, 0.15) is 18.5 Å². The van der Waals surface area contributed by atoms with Gasteiger partial charge in [-0.3, -0.25) is 0 Å². The van der Waals surface area contributed by atoms with Gasteiger partial charge in [0, 0.05) is 23.9 Å². The second kappa shape index (κ2) is 8.40. The van der Waals surface area contributed by atoms with E-state index in [1.54, 1.807) is 27.4 Å². The zero-order valence-electron chi connectivity index (χ0n) is 14.3. The maximum absolute atomic E-state index is 5.40. The molecular formula is C18H22N2O3S. The molecule has 2 rings (SSSR count). The summed E-state index contributed by atoms with van der Waals surface area (Å²) in [5.41, 5.74) is 1.88. The van der Waals surface area contributed by atoms with Crippen molar-refractivity contribution in [1.82, 2.24) is 5.32 Å². The van der Waals surface area contributed by atoms with Crippen molar-refractivity contribution in [1.29, 1.82) is 0 Å². The zero-order valence-corrected chi connectivity index (χ0v) is 15.1. The molecule has 1 atom stereocenters. The number of rotatable bonds is 6. The molecule has 1 unspecified atom stereocenters. The summed E-state index contributed by atoms with van der Waals surface area (Å²) in [6.45, 7) is 2.04. The molecule has 0 aliphatic rings. The van der Waals surface area contributed by atoms with Crippen molar-refractivity contribution in [2.75, 3.05) is 26.6 Å². The fourth-order valence-electron chi connectivity index (χ4n) is 2.24. The maximum atomic E-state index is 5.40. The molecule has 24 heavy (non-hydrogen) atoms. The molecule has 0 aliphatic heterocycles. The highest BCUT2D eigenvalue weighted by molar-refractivity contribution is 7.80. The van der Waals surface area contributed by atoms with E-state index in [1.165, 1.54) is 0 Å². The summed E-state index contributed by atoms with van der Waals surface area (Å²) in [5, 5.41) is 6.92. The molecule has 6 heteroatoms. The van der Waals surface area contributed by atoms with Crippen LogP contribution in [0.2, 0.25) is 0 Å². The normalized spacial score (nSPS) is 11.3. The van der Waals surface area contributed by atoms with Gasteiger partial charge in [-0.25, -0.2) is 0 Å². The number of hydrogen-bond donors (Lipinski definition) is 2. The molecule has 0 amide bonds. The predicted octanol–water partition coefficient (Wildman–Crippen LogP) is 3.76. The first-order chi connectivity index (χ1) is 11.5. The molecule has 0 fully saturated rings. The van der Waals surface area contributed by atoms with E-state index in [2.05, 4.69) is 10.6 Å². The topological polar surface area (TPSA) is 51.8 Å². The molecule has 2 aromatic carbocycles. The van der Waals surface area contributed by atoms with Crippen LogP contribution in [0.3, 0.4) is 0 Å². The van der Waals surface area contributed by atoms with Gasteiger partial charge in [-0.1, -0.05) is 12.1 Å². The highest BCUT2D eigenvalue weighted by Gasteiger charge is 2.09. The Kier molecular flexibility index (Phi) is 6.26. The highest BCUT2D eigenvalue weighted by Crippen LogP contribution is 2.26. The maximum Gasteiger partial charge on any atom is 0.171 e. The van der Waals surface area contributed by atoms with E-state index < -0.39 is 0 Å². The van der Waals surface area contributed by atoms with Crippen molar-refractivity contribution < 1.29 is 14.2 Å². The van der Waals surface area contributed by atoms with E-state index >= 15 is 0 Å². The van der Waals surface area contributed by atoms with Crippen LogP contribution < -0.4 is 24.8 Å². The van der Waals surface area contributed by atoms with Crippen molar-refractivity contribution in [2.24, 2.45) is 0 Å². The molecule has 128 valence electrons. The third-order valence-corrected chi connectivity index (χ3v) is 3.77.